The molecule has 50 heavy (non-hydrogen) atoms. The Hall–Kier alpha value is -4.46. The number of hydrogen-bond donors (Lipinski definition) is 0. The quantitative estimate of drug-likeness (QED) is 0.0595. The van der Waals surface area contributed by atoms with E-state index in [1.807, 2.05) is 72.8 Å². The van der Waals surface area contributed by atoms with Crippen molar-refractivity contribution in [1.82, 2.24) is 20.4 Å². The lowest BCUT2D eigenvalue weighted by molar-refractivity contribution is 0.304. The van der Waals surface area contributed by atoms with Crippen molar-refractivity contribution in [3.63, 3.8) is 0 Å². The summed E-state index contributed by atoms with van der Waals surface area (Å²) < 4.78 is 23.9. The van der Waals surface area contributed by atoms with Gasteiger partial charge < -0.3 is 18.3 Å². The maximum absolute atomic E-state index is 6.01. The summed E-state index contributed by atoms with van der Waals surface area (Å²) in [5.41, 5.74) is 3.31. The summed E-state index contributed by atoms with van der Waals surface area (Å²) in [6, 6.07) is 23.3. The van der Waals surface area contributed by atoms with Crippen molar-refractivity contribution in [2.75, 3.05) is 13.2 Å². The fourth-order valence-corrected chi connectivity index (χ4v) is 5.91. The number of rotatable bonds is 24. The van der Waals surface area contributed by atoms with Gasteiger partial charge in [-0.3, -0.25) is 0 Å². The molecule has 0 saturated heterocycles. The summed E-state index contributed by atoms with van der Waals surface area (Å²) in [6.45, 7) is 5.99. The van der Waals surface area contributed by atoms with Crippen LogP contribution in [0.4, 0.5) is 0 Å². The number of unbranched alkanes of at least 4 members (excludes halogenated alkanes) is 14. The molecule has 0 fully saturated rings. The van der Waals surface area contributed by atoms with Gasteiger partial charge in [-0.15, -0.1) is 20.4 Å². The fourth-order valence-electron chi connectivity index (χ4n) is 5.91. The molecule has 0 unspecified atom stereocenters. The number of hydrogen-bond acceptors (Lipinski definition) is 8. The molecule has 0 aliphatic heterocycles. The lowest BCUT2D eigenvalue weighted by Crippen LogP contribution is -1.97. The first-order chi connectivity index (χ1) is 24.7. The average molecular weight is 679 g/mol. The van der Waals surface area contributed by atoms with Gasteiger partial charge in [-0.1, -0.05) is 104 Å². The van der Waals surface area contributed by atoms with Gasteiger partial charge >= 0.3 is 0 Å². The van der Waals surface area contributed by atoms with E-state index < -0.39 is 0 Å². The second-order valence-corrected chi connectivity index (χ2v) is 13.1. The molecule has 0 radical (unpaired) electrons. The lowest BCUT2D eigenvalue weighted by atomic mass is 10.1. The number of nitrogens with zero attached hydrogens (tertiary/aromatic N) is 4. The Morgan fingerprint density at radius 3 is 0.920 bits per heavy atom. The molecule has 5 rings (SSSR count). The van der Waals surface area contributed by atoms with Gasteiger partial charge in [-0.2, -0.15) is 0 Å². The fraction of sp³-hybridized carbons (Fsp3) is 0.476. The molecule has 266 valence electrons. The highest BCUT2D eigenvalue weighted by Crippen LogP contribution is 2.29. The van der Waals surface area contributed by atoms with Crippen molar-refractivity contribution in [3.05, 3.63) is 72.8 Å². The van der Waals surface area contributed by atoms with E-state index in [2.05, 4.69) is 34.2 Å². The molecule has 3 aromatic carbocycles. The predicted molar refractivity (Wildman–Crippen MR) is 200 cm³/mol. The second kappa shape index (κ2) is 20.9. The molecule has 8 heteroatoms. The smallest absolute Gasteiger partial charge is 0.248 e. The molecule has 0 bridgehead atoms. The van der Waals surface area contributed by atoms with E-state index in [-0.39, 0.29) is 0 Å². The Bertz CT molecular complexity index is 1510. The summed E-state index contributed by atoms with van der Waals surface area (Å²) >= 11 is 0. The molecule has 0 atom stereocenters. The highest BCUT2D eigenvalue weighted by Gasteiger charge is 2.14. The van der Waals surface area contributed by atoms with Crippen LogP contribution in [0, 0.1) is 0 Å². The van der Waals surface area contributed by atoms with Crippen LogP contribution in [0.5, 0.6) is 11.5 Å². The minimum absolute atomic E-state index is 0.442. The van der Waals surface area contributed by atoms with Crippen molar-refractivity contribution in [2.24, 2.45) is 0 Å². The third kappa shape index (κ3) is 11.9. The van der Waals surface area contributed by atoms with Gasteiger partial charge in [-0.25, -0.2) is 0 Å². The standard InChI is InChI=1S/C42H54N4O4/c1-3-5-7-9-11-13-15-17-31-47-37-27-23-35(24-28-37)41-45-43-39(49-41)33-19-21-34(22-20-33)40-44-46-42(50-40)36-25-29-38(30-26-36)48-32-18-16-14-12-10-8-6-4-2/h19-30H,3-18,31-32H2,1-2H3. The minimum atomic E-state index is 0.442. The van der Waals surface area contributed by atoms with Crippen LogP contribution in [0.3, 0.4) is 0 Å². The van der Waals surface area contributed by atoms with Crippen molar-refractivity contribution in [2.45, 2.75) is 117 Å². The van der Waals surface area contributed by atoms with Crippen molar-refractivity contribution >= 4 is 0 Å². The highest BCUT2D eigenvalue weighted by atomic mass is 16.5. The summed E-state index contributed by atoms with van der Waals surface area (Å²) in [7, 11) is 0. The first-order valence-corrected chi connectivity index (χ1v) is 19.0. The van der Waals surface area contributed by atoms with E-state index in [0.717, 1.165) is 59.8 Å². The van der Waals surface area contributed by atoms with Crippen molar-refractivity contribution in [3.8, 4) is 57.3 Å². The zero-order valence-corrected chi connectivity index (χ0v) is 30.1. The Morgan fingerprint density at radius 2 is 0.620 bits per heavy atom. The zero-order valence-electron chi connectivity index (χ0n) is 30.1. The van der Waals surface area contributed by atoms with Crippen molar-refractivity contribution in [1.29, 1.82) is 0 Å². The summed E-state index contributed by atoms with van der Waals surface area (Å²) in [5.74, 6) is 3.52. The first kappa shape index (κ1) is 36.8. The van der Waals surface area contributed by atoms with Crippen LogP contribution < -0.4 is 9.47 Å². The van der Waals surface area contributed by atoms with E-state index >= 15 is 0 Å². The maximum Gasteiger partial charge on any atom is 0.248 e. The Balaban J connectivity index is 1.05. The molecule has 8 nitrogen and oxygen atoms in total. The highest BCUT2D eigenvalue weighted by molar-refractivity contribution is 5.64. The second-order valence-electron chi connectivity index (χ2n) is 13.1. The van der Waals surface area contributed by atoms with Crippen LogP contribution in [-0.4, -0.2) is 33.6 Å². The van der Waals surface area contributed by atoms with Gasteiger partial charge in [-0.05, 0) is 85.6 Å². The number of ether oxygens (including phenoxy) is 2. The molecule has 0 N–H and O–H groups in total. The Kier molecular flexibility index (Phi) is 15.4. The van der Waals surface area contributed by atoms with Gasteiger partial charge in [0.2, 0.25) is 23.6 Å². The van der Waals surface area contributed by atoms with Gasteiger partial charge in [0.15, 0.2) is 0 Å². The van der Waals surface area contributed by atoms with Crippen LogP contribution in [-0.2, 0) is 0 Å². The molecule has 5 aromatic rings. The van der Waals surface area contributed by atoms with Gasteiger partial charge in [0, 0.05) is 22.3 Å². The molecular weight excluding hydrogens is 624 g/mol. The molecule has 0 aliphatic carbocycles. The molecular formula is C42H54N4O4. The van der Waals surface area contributed by atoms with Crippen LogP contribution in [0.2, 0.25) is 0 Å². The van der Waals surface area contributed by atoms with Crippen LogP contribution in [0.25, 0.3) is 45.8 Å². The Labute approximate surface area is 298 Å². The average Bonchev–Trinajstić information content (AvgIpc) is 3.86. The minimum Gasteiger partial charge on any atom is -0.494 e. The predicted octanol–water partition coefficient (Wildman–Crippen LogP) is 12.2. The van der Waals surface area contributed by atoms with Crippen LogP contribution in [0.1, 0.15) is 117 Å². The molecule has 2 aromatic heterocycles. The van der Waals surface area contributed by atoms with Crippen molar-refractivity contribution < 1.29 is 18.3 Å². The number of benzene rings is 3. The SMILES string of the molecule is CCCCCCCCCCOc1ccc(-c2nnc(-c3ccc(-c4nnc(-c5ccc(OCCCCCCCCCC)cc5)o4)cc3)o2)cc1. The van der Waals surface area contributed by atoms with Gasteiger partial charge in [0.1, 0.15) is 11.5 Å². The molecule has 0 aliphatic rings. The lowest BCUT2D eigenvalue weighted by Gasteiger charge is -2.06. The molecule has 0 amide bonds. The third-order valence-corrected chi connectivity index (χ3v) is 8.96. The topological polar surface area (TPSA) is 96.3 Å². The van der Waals surface area contributed by atoms with Gasteiger partial charge in [0.05, 0.1) is 13.2 Å². The van der Waals surface area contributed by atoms with E-state index in [4.69, 9.17) is 18.3 Å². The molecule has 2 heterocycles. The molecule has 0 saturated carbocycles. The van der Waals surface area contributed by atoms with Crippen LogP contribution in [0.15, 0.2) is 81.6 Å². The summed E-state index contributed by atoms with van der Waals surface area (Å²) in [6.07, 6.45) is 20.6. The zero-order chi connectivity index (χ0) is 34.6. The van der Waals surface area contributed by atoms with E-state index in [1.165, 1.54) is 89.9 Å². The van der Waals surface area contributed by atoms with Crippen LogP contribution >= 0.6 is 0 Å². The Morgan fingerprint density at radius 1 is 0.360 bits per heavy atom. The maximum atomic E-state index is 6.01. The normalized spacial score (nSPS) is 11.2. The van der Waals surface area contributed by atoms with E-state index in [1.54, 1.807) is 0 Å². The summed E-state index contributed by atoms with van der Waals surface area (Å²) in [4.78, 5) is 0. The third-order valence-electron chi connectivity index (χ3n) is 8.96. The van der Waals surface area contributed by atoms with Gasteiger partial charge in [0.25, 0.3) is 0 Å². The van der Waals surface area contributed by atoms with E-state index in [0.29, 0.717) is 23.6 Å². The first-order valence-electron chi connectivity index (χ1n) is 19.0. The van der Waals surface area contributed by atoms with E-state index in [9.17, 15) is 0 Å². The number of aromatic nitrogens is 4. The summed E-state index contributed by atoms with van der Waals surface area (Å²) in [5, 5.41) is 17.1. The monoisotopic (exact) mass is 678 g/mol. The molecule has 0 spiro atoms. The largest absolute Gasteiger partial charge is 0.494 e.